The normalized spacial score (nSPS) is 9.77. The molecule has 1 aromatic rings. The topological polar surface area (TPSA) is 40.5 Å². The van der Waals surface area contributed by atoms with Gasteiger partial charge in [0.15, 0.2) is 0 Å². The third-order valence-corrected chi connectivity index (χ3v) is 2.23. The predicted octanol–water partition coefficient (Wildman–Crippen LogP) is 2.70. The summed E-state index contributed by atoms with van der Waals surface area (Å²) in [6.07, 6.45) is -1.13. The van der Waals surface area contributed by atoms with Crippen LogP contribution in [0.3, 0.4) is 0 Å². The first-order valence-corrected chi connectivity index (χ1v) is 4.23. The van der Waals surface area contributed by atoms with E-state index in [9.17, 15) is 9.18 Å². The van der Waals surface area contributed by atoms with Crippen LogP contribution in [0, 0.1) is 5.82 Å². The maximum atomic E-state index is 12.7. The number of nitrogens with zero attached hydrogens (tertiary/aromatic N) is 1. The molecule has 0 aliphatic heterocycles. The number of amides is 1. The fourth-order valence-electron chi connectivity index (χ4n) is 0.846. The Balaban J connectivity index is 3.12. The summed E-state index contributed by atoms with van der Waals surface area (Å²) in [4.78, 5) is 11.5. The highest BCUT2D eigenvalue weighted by molar-refractivity contribution is 9.10. The van der Waals surface area contributed by atoms with E-state index in [1.54, 1.807) is 0 Å². The Bertz CT molecular complexity index is 343. The number of hydrogen-bond donors (Lipinski definition) is 1. The first-order valence-electron chi connectivity index (χ1n) is 3.44. The van der Waals surface area contributed by atoms with Crippen LogP contribution in [-0.2, 0) is 0 Å². The van der Waals surface area contributed by atoms with Crippen molar-refractivity contribution in [3.8, 4) is 0 Å². The van der Waals surface area contributed by atoms with Crippen LogP contribution in [0.4, 0.5) is 14.9 Å². The van der Waals surface area contributed by atoms with Gasteiger partial charge < -0.3 is 5.11 Å². The zero-order valence-corrected chi connectivity index (χ0v) is 8.38. The summed E-state index contributed by atoms with van der Waals surface area (Å²) in [5.41, 5.74) is 0.285. The van der Waals surface area contributed by atoms with E-state index < -0.39 is 11.9 Å². The first-order chi connectivity index (χ1) is 6.02. The lowest BCUT2D eigenvalue weighted by Crippen LogP contribution is -2.24. The van der Waals surface area contributed by atoms with Crippen molar-refractivity contribution in [1.82, 2.24) is 0 Å². The van der Waals surface area contributed by atoms with Gasteiger partial charge in [-0.15, -0.1) is 0 Å². The predicted molar refractivity (Wildman–Crippen MR) is 50.5 cm³/mol. The van der Waals surface area contributed by atoms with Gasteiger partial charge in [0.05, 0.1) is 5.69 Å². The Hall–Kier alpha value is -1.10. The van der Waals surface area contributed by atoms with Crippen molar-refractivity contribution < 1.29 is 14.3 Å². The Labute approximate surface area is 82.9 Å². The molecule has 0 spiro atoms. The van der Waals surface area contributed by atoms with Crippen molar-refractivity contribution in [3.63, 3.8) is 0 Å². The van der Waals surface area contributed by atoms with E-state index in [-0.39, 0.29) is 5.69 Å². The molecule has 0 aromatic heterocycles. The van der Waals surface area contributed by atoms with Gasteiger partial charge in [-0.2, -0.15) is 0 Å². The number of rotatable bonds is 1. The second-order valence-corrected chi connectivity index (χ2v) is 3.29. The van der Waals surface area contributed by atoms with E-state index in [1.165, 1.54) is 19.2 Å². The summed E-state index contributed by atoms with van der Waals surface area (Å²) < 4.78 is 13.3. The third-order valence-electron chi connectivity index (χ3n) is 1.56. The van der Waals surface area contributed by atoms with Crippen LogP contribution in [-0.4, -0.2) is 18.2 Å². The van der Waals surface area contributed by atoms with Crippen molar-refractivity contribution in [3.05, 3.63) is 28.5 Å². The van der Waals surface area contributed by atoms with Gasteiger partial charge in [-0.25, -0.2) is 9.18 Å². The summed E-state index contributed by atoms with van der Waals surface area (Å²) >= 11 is 3.13. The lowest BCUT2D eigenvalue weighted by Gasteiger charge is -2.14. The highest BCUT2D eigenvalue weighted by Gasteiger charge is 2.12. The average Bonchev–Trinajstić information content (AvgIpc) is 2.08. The van der Waals surface area contributed by atoms with Gasteiger partial charge in [0.1, 0.15) is 5.82 Å². The minimum absolute atomic E-state index is 0.285. The van der Waals surface area contributed by atoms with Crippen molar-refractivity contribution >= 4 is 27.7 Å². The average molecular weight is 248 g/mol. The summed E-state index contributed by atoms with van der Waals surface area (Å²) in [7, 11) is 1.35. The molecule has 1 N–H and O–H groups in total. The van der Waals surface area contributed by atoms with Gasteiger partial charge in [-0.05, 0) is 34.1 Å². The Morgan fingerprint density at radius 3 is 2.77 bits per heavy atom. The largest absolute Gasteiger partial charge is 0.465 e. The van der Waals surface area contributed by atoms with E-state index in [0.717, 1.165) is 11.0 Å². The molecule has 0 saturated heterocycles. The minimum atomic E-state index is -1.13. The maximum Gasteiger partial charge on any atom is 0.411 e. The van der Waals surface area contributed by atoms with Crippen LogP contribution in [0.2, 0.25) is 0 Å². The number of hydrogen-bond acceptors (Lipinski definition) is 1. The quantitative estimate of drug-likeness (QED) is 0.829. The van der Waals surface area contributed by atoms with Gasteiger partial charge in [0.2, 0.25) is 0 Å². The van der Waals surface area contributed by atoms with Gasteiger partial charge in [0, 0.05) is 11.5 Å². The summed E-state index contributed by atoms with van der Waals surface area (Å²) in [5.74, 6) is -0.466. The highest BCUT2D eigenvalue weighted by Crippen LogP contribution is 2.25. The number of carboxylic acid groups (broad SMARTS) is 1. The summed E-state index contributed by atoms with van der Waals surface area (Å²) in [6, 6.07) is 3.87. The monoisotopic (exact) mass is 247 g/mol. The third kappa shape index (κ3) is 2.18. The summed E-state index contributed by atoms with van der Waals surface area (Å²) in [5, 5.41) is 8.63. The molecule has 0 fully saturated rings. The Morgan fingerprint density at radius 1 is 1.62 bits per heavy atom. The molecule has 0 saturated carbocycles. The van der Waals surface area contributed by atoms with Crippen LogP contribution in [0.15, 0.2) is 22.7 Å². The van der Waals surface area contributed by atoms with E-state index in [2.05, 4.69) is 15.9 Å². The molecular weight excluding hydrogens is 241 g/mol. The lowest BCUT2D eigenvalue weighted by atomic mass is 10.3. The highest BCUT2D eigenvalue weighted by atomic mass is 79.9. The van der Waals surface area contributed by atoms with Crippen molar-refractivity contribution in [1.29, 1.82) is 0 Å². The number of benzene rings is 1. The van der Waals surface area contributed by atoms with Crippen molar-refractivity contribution in [2.75, 3.05) is 11.9 Å². The molecular formula is C8H7BrFNO2. The smallest absolute Gasteiger partial charge is 0.411 e. The molecule has 5 heteroatoms. The molecule has 0 aliphatic rings. The van der Waals surface area contributed by atoms with E-state index in [1.807, 2.05) is 0 Å². The van der Waals surface area contributed by atoms with E-state index in [0.29, 0.717) is 4.47 Å². The van der Waals surface area contributed by atoms with Crippen LogP contribution in [0.25, 0.3) is 0 Å². The molecule has 1 rings (SSSR count). The van der Waals surface area contributed by atoms with Crippen molar-refractivity contribution in [2.45, 2.75) is 0 Å². The standard InChI is InChI=1S/C8H7BrFNO2/c1-11(8(12)13)7-4-5(10)2-3-6(7)9/h2-4H,1H3,(H,12,13). The zero-order valence-electron chi connectivity index (χ0n) is 6.79. The van der Waals surface area contributed by atoms with Gasteiger partial charge in [-0.3, -0.25) is 4.90 Å². The zero-order chi connectivity index (χ0) is 10.0. The molecule has 0 unspecified atom stereocenters. The SMILES string of the molecule is CN(C(=O)O)c1cc(F)ccc1Br. The van der Waals surface area contributed by atoms with E-state index >= 15 is 0 Å². The number of halogens is 2. The molecule has 3 nitrogen and oxygen atoms in total. The Morgan fingerprint density at radius 2 is 2.23 bits per heavy atom. The lowest BCUT2D eigenvalue weighted by molar-refractivity contribution is 0.203. The van der Waals surface area contributed by atoms with Crippen molar-refractivity contribution in [2.24, 2.45) is 0 Å². The summed E-state index contributed by atoms with van der Waals surface area (Å²) in [6.45, 7) is 0. The Kier molecular flexibility index (Phi) is 2.87. The van der Waals surface area contributed by atoms with Crippen LogP contribution in [0.1, 0.15) is 0 Å². The molecule has 0 atom stereocenters. The molecule has 0 radical (unpaired) electrons. The fraction of sp³-hybridized carbons (Fsp3) is 0.125. The molecule has 0 heterocycles. The number of anilines is 1. The molecule has 0 bridgehead atoms. The second-order valence-electron chi connectivity index (χ2n) is 2.44. The minimum Gasteiger partial charge on any atom is -0.465 e. The molecule has 1 aromatic carbocycles. The first kappa shape index (κ1) is 9.98. The maximum absolute atomic E-state index is 12.7. The van der Waals surface area contributed by atoms with Crippen LogP contribution in [0.5, 0.6) is 0 Å². The molecule has 0 aliphatic carbocycles. The van der Waals surface area contributed by atoms with Gasteiger partial charge >= 0.3 is 6.09 Å². The van der Waals surface area contributed by atoms with E-state index in [4.69, 9.17) is 5.11 Å². The number of carbonyl (C=O) groups is 1. The van der Waals surface area contributed by atoms with Gasteiger partial charge in [-0.1, -0.05) is 0 Å². The molecule has 13 heavy (non-hydrogen) atoms. The van der Waals surface area contributed by atoms with Gasteiger partial charge in [0.25, 0.3) is 0 Å². The second kappa shape index (κ2) is 3.74. The molecule has 70 valence electrons. The van der Waals surface area contributed by atoms with Crippen LogP contribution >= 0.6 is 15.9 Å². The van der Waals surface area contributed by atoms with Crippen LogP contribution < -0.4 is 4.90 Å². The fourth-order valence-corrected chi connectivity index (χ4v) is 1.36. The molecule has 1 amide bonds.